The van der Waals surface area contributed by atoms with Crippen molar-refractivity contribution >= 4 is 39.1 Å². The summed E-state index contributed by atoms with van der Waals surface area (Å²) >= 11 is 9.23. The Morgan fingerprint density at radius 1 is 1.33 bits per heavy atom. The van der Waals surface area contributed by atoms with Crippen LogP contribution < -0.4 is 10.9 Å². The van der Waals surface area contributed by atoms with E-state index in [2.05, 4.69) is 31.4 Å². The Kier molecular flexibility index (Phi) is 3.78. The standard InChI is InChI=1S/C11H7BrClN3O2/c12-6-1-2-8(7(13)5-6)14-11(18)9-3-4-10(17)16-15-9/h1-5H,(H,14,18)(H,16,17). The van der Waals surface area contributed by atoms with Crippen molar-refractivity contribution < 1.29 is 4.79 Å². The van der Waals surface area contributed by atoms with E-state index >= 15 is 0 Å². The number of hydrogen-bond acceptors (Lipinski definition) is 3. The maximum absolute atomic E-state index is 11.8. The average Bonchev–Trinajstić information content (AvgIpc) is 2.33. The Hall–Kier alpha value is -1.66. The van der Waals surface area contributed by atoms with Gasteiger partial charge in [0.25, 0.3) is 11.5 Å². The largest absolute Gasteiger partial charge is 0.319 e. The molecular weight excluding hydrogens is 321 g/mol. The summed E-state index contributed by atoms with van der Waals surface area (Å²) in [6.45, 7) is 0. The molecule has 2 N–H and O–H groups in total. The van der Waals surface area contributed by atoms with Crippen molar-refractivity contribution in [2.75, 3.05) is 5.32 Å². The third-order valence-electron chi connectivity index (χ3n) is 2.09. The van der Waals surface area contributed by atoms with Crippen LogP contribution in [0, 0.1) is 0 Å². The first-order chi connectivity index (χ1) is 8.56. The van der Waals surface area contributed by atoms with Crippen molar-refractivity contribution in [1.29, 1.82) is 0 Å². The van der Waals surface area contributed by atoms with Gasteiger partial charge in [-0.05, 0) is 24.3 Å². The number of carbonyl (C=O) groups excluding carboxylic acids is 1. The molecule has 0 unspecified atom stereocenters. The molecule has 0 saturated carbocycles. The van der Waals surface area contributed by atoms with Gasteiger partial charge < -0.3 is 5.32 Å². The molecule has 1 aromatic carbocycles. The smallest absolute Gasteiger partial charge is 0.276 e. The van der Waals surface area contributed by atoms with Crippen molar-refractivity contribution in [3.8, 4) is 0 Å². The molecule has 0 aliphatic heterocycles. The second kappa shape index (κ2) is 5.32. The third kappa shape index (κ3) is 2.96. The fraction of sp³-hybridized carbons (Fsp3) is 0. The maximum atomic E-state index is 11.8. The Labute approximate surface area is 115 Å². The molecule has 1 amide bonds. The van der Waals surface area contributed by atoms with Gasteiger partial charge in [-0.1, -0.05) is 27.5 Å². The molecule has 2 rings (SSSR count). The summed E-state index contributed by atoms with van der Waals surface area (Å²) < 4.78 is 0.813. The van der Waals surface area contributed by atoms with Crippen LogP contribution in [0.15, 0.2) is 39.6 Å². The molecule has 0 atom stereocenters. The highest BCUT2D eigenvalue weighted by Crippen LogP contribution is 2.25. The molecule has 5 nitrogen and oxygen atoms in total. The number of amides is 1. The Bertz CT molecular complexity index is 636. The molecule has 18 heavy (non-hydrogen) atoms. The quantitative estimate of drug-likeness (QED) is 0.889. The molecule has 0 aliphatic carbocycles. The first-order valence-electron chi connectivity index (χ1n) is 4.88. The number of aromatic amines is 1. The van der Waals surface area contributed by atoms with Crippen LogP contribution in [-0.2, 0) is 0 Å². The van der Waals surface area contributed by atoms with Crippen molar-refractivity contribution in [3.05, 3.63) is 55.9 Å². The van der Waals surface area contributed by atoms with Crippen LogP contribution in [0.2, 0.25) is 5.02 Å². The lowest BCUT2D eigenvalue weighted by atomic mass is 10.3. The molecule has 92 valence electrons. The summed E-state index contributed by atoms with van der Waals surface area (Å²) in [5.74, 6) is -0.449. The lowest BCUT2D eigenvalue weighted by molar-refractivity contribution is 0.102. The highest BCUT2D eigenvalue weighted by atomic mass is 79.9. The summed E-state index contributed by atoms with van der Waals surface area (Å²) in [4.78, 5) is 22.6. The number of aromatic nitrogens is 2. The van der Waals surface area contributed by atoms with Crippen LogP contribution in [0.4, 0.5) is 5.69 Å². The fourth-order valence-corrected chi connectivity index (χ4v) is 1.97. The summed E-state index contributed by atoms with van der Waals surface area (Å²) in [7, 11) is 0. The molecule has 0 radical (unpaired) electrons. The number of rotatable bonds is 2. The zero-order chi connectivity index (χ0) is 13.1. The first kappa shape index (κ1) is 12.8. The van der Waals surface area contributed by atoms with E-state index in [1.807, 2.05) is 0 Å². The minimum atomic E-state index is -0.449. The highest BCUT2D eigenvalue weighted by Gasteiger charge is 2.10. The molecule has 0 spiro atoms. The van der Waals surface area contributed by atoms with Gasteiger partial charge >= 0.3 is 0 Å². The van der Waals surface area contributed by atoms with Crippen molar-refractivity contribution in [3.63, 3.8) is 0 Å². The monoisotopic (exact) mass is 327 g/mol. The fourth-order valence-electron chi connectivity index (χ4n) is 1.25. The third-order valence-corrected chi connectivity index (χ3v) is 2.90. The molecule has 0 aliphatic rings. The molecule has 7 heteroatoms. The van der Waals surface area contributed by atoms with Gasteiger partial charge in [-0.2, -0.15) is 5.10 Å². The van der Waals surface area contributed by atoms with Gasteiger partial charge in [-0.25, -0.2) is 5.10 Å². The minimum Gasteiger partial charge on any atom is -0.319 e. The van der Waals surface area contributed by atoms with E-state index in [-0.39, 0.29) is 11.3 Å². The number of H-pyrrole nitrogens is 1. The van der Waals surface area contributed by atoms with Crippen molar-refractivity contribution in [1.82, 2.24) is 10.2 Å². The van der Waals surface area contributed by atoms with E-state index in [0.717, 1.165) is 4.47 Å². The average molecular weight is 329 g/mol. The Morgan fingerprint density at radius 2 is 2.11 bits per heavy atom. The van der Waals surface area contributed by atoms with Crippen LogP contribution in [0.1, 0.15) is 10.5 Å². The van der Waals surface area contributed by atoms with Crippen molar-refractivity contribution in [2.45, 2.75) is 0 Å². The van der Waals surface area contributed by atoms with Gasteiger partial charge in [0.15, 0.2) is 0 Å². The molecule has 0 bridgehead atoms. The topological polar surface area (TPSA) is 74.8 Å². The summed E-state index contributed by atoms with van der Waals surface area (Å²) in [5, 5.41) is 8.80. The number of anilines is 1. The Balaban J connectivity index is 2.21. The molecule has 0 fully saturated rings. The number of hydrogen-bond donors (Lipinski definition) is 2. The number of benzene rings is 1. The molecule has 0 saturated heterocycles. The van der Waals surface area contributed by atoms with Gasteiger partial charge in [-0.3, -0.25) is 9.59 Å². The lowest BCUT2D eigenvalue weighted by Gasteiger charge is -2.06. The van der Waals surface area contributed by atoms with E-state index in [0.29, 0.717) is 10.7 Å². The van der Waals surface area contributed by atoms with E-state index in [9.17, 15) is 9.59 Å². The minimum absolute atomic E-state index is 0.105. The normalized spacial score (nSPS) is 10.1. The second-order valence-electron chi connectivity index (χ2n) is 3.38. The van der Waals surface area contributed by atoms with Crippen LogP contribution in [-0.4, -0.2) is 16.1 Å². The van der Waals surface area contributed by atoms with Crippen LogP contribution in [0.5, 0.6) is 0 Å². The van der Waals surface area contributed by atoms with Gasteiger partial charge in [0, 0.05) is 10.5 Å². The number of carbonyl (C=O) groups is 1. The Morgan fingerprint density at radius 3 is 2.72 bits per heavy atom. The summed E-state index contributed by atoms with van der Waals surface area (Å²) in [6, 6.07) is 7.64. The van der Waals surface area contributed by atoms with Crippen molar-refractivity contribution in [2.24, 2.45) is 0 Å². The highest BCUT2D eigenvalue weighted by molar-refractivity contribution is 9.10. The number of halogens is 2. The molecule has 2 aromatic rings. The first-order valence-corrected chi connectivity index (χ1v) is 6.05. The van der Waals surface area contributed by atoms with Gasteiger partial charge in [0.2, 0.25) is 0 Å². The van der Waals surface area contributed by atoms with Crippen LogP contribution >= 0.6 is 27.5 Å². The van der Waals surface area contributed by atoms with Crippen LogP contribution in [0.25, 0.3) is 0 Å². The van der Waals surface area contributed by atoms with E-state index in [1.54, 1.807) is 18.2 Å². The zero-order valence-corrected chi connectivity index (χ0v) is 11.2. The van der Waals surface area contributed by atoms with E-state index < -0.39 is 5.91 Å². The summed E-state index contributed by atoms with van der Waals surface area (Å²) in [6.07, 6.45) is 0. The maximum Gasteiger partial charge on any atom is 0.276 e. The molecule has 1 aromatic heterocycles. The predicted octanol–water partition coefficient (Wildman–Crippen LogP) is 2.44. The molecular formula is C11H7BrClN3O2. The van der Waals surface area contributed by atoms with E-state index in [1.165, 1.54) is 12.1 Å². The summed E-state index contributed by atoms with van der Waals surface area (Å²) in [5.41, 5.74) is 0.208. The van der Waals surface area contributed by atoms with Gasteiger partial charge in [0.1, 0.15) is 5.69 Å². The lowest BCUT2D eigenvalue weighted by Crippen LogP contribution is -2.17. The van der Waals surface area contributed by atoms with Crippen LogP contribution in [0.3, 0.4) is 0 Å². The van der Waals surface area contributed by atoms with Gasteiger partial charge in [0.05, 0.1) is 10.7 Å². The molecule has 1 heterocycles. The predicted molar refractivity (Wildman–Crippen MR) is 72.0 cm³/mol. The van der Waals surface area contributed by atoms with E-state index in [4.69, 9.17) is 11.6 Å². The number of nitrogens with zero attached hydrogens (tertiary/aromatic N) is 1. The second-order valence-corrected chi connectivity index (χ2v) is 4.71. The number of nitrogens with one attached hydrogen (secondary N) is 2. The van der Waals surface area contributed by atoms with Gasteiger partial charge in [-0.15, -0.1) is 0 Å². The zero-order valence-electron chi connectivity index (χ0n) is 8.91. The SMILES string of the molecule is O=C(Nc1ccc(Br)cc1Cl)c1ccc(=O)[nH]n1.